The summed E-state index contributed by atoms with van der Waals surface area (Å²) in [7, 11) is 2.07. The lowest BCUT2D eigenvalue weighted by Gasteiger charge is -2.20. The lowest BCUT2D eigenvalue weighted by Crippen LogP contribution is -2.26. The zero-order valence-electron chi connectivity index (χ0n) is 25.6. The van der Waals surface area contributed by atoms with E-state index in [1.54, 1.807) is 6.20 Å². The third-order valence-corrected chi connectivity index (χ3v) is 7.88. The van der Waals surface area contributed by atoms with Crippen LogP contribution in [0.4, 0.5) is 0 Å². The zero-order chi connectivity index (χ0) is 31.0. The predicted octanol–water partition coefficient (Wildman–Crippen LogP) is 6.06. The van der Waals surface area contributed by atoms with E-state index < -0.39 is 0 Å². The molecular weight excluding hydrogens is 534 g/mol. The zero-order valence-corrected chi connectivity index (χ0v) is 25.6. The van der Waals surface area contributed by atoms with E-state index >= 15 is 0 Å². The molecule has 0 saturated heterocycles. The van der Waals surface area contributed by atoms with Gasteiger partial charge in [0.05, 0.1) is 6.20 Å². The Hall–Kier alpha value is -4.11. The van der Waals surface area contributed by atoms with Gasteiger partial charge in [-0.3, -0.25) is 21.9 Å². The molecule has 8 heteroatoms. The minimum atomic E-state index is 0.0447. The molecule has 43 heavy (non-hydrogen) atoms. The van der Waals surface area contributed by atoms with Crippen molar-refractivity contribution in [3.8, 4) is 22.3 Å². The van der Waals surface area contributed by atoms with Crippen LogP contribution in [0.1, 0.15) is 79.3 Å². The molecule has 0 radical (unpaired) electrons. The first-order valence-electron chi connectivity index (χ1n) is 15.2. The number of aryl methyl sites for hydroxylation is 1. The van der Waals surface area contributed by atoms with Crippen LogP contribution in [0.25, 0.3) is 22.3 Å². The molecule has 1 saturated carbocycles. The fraction of sp³-hybridized carbons (Fsp3) is 0.343. The standard InChI is InChI=1S/C28H28N4O.C7H15N.H4N2/c1-2-3-9-27-31-17-24(19-33)32(27)18-20-10-12-22(13-11-20)26-16-23(14-15-25(26)28(29)30)21-7-5-4-6-8-21;1-8-7-5-3-2-4-6-7;1-2/h4-8,10-17,19H,2-3,9,18H2,1H3,(H3,29,30);7-8H,2-6H2,1H3;1-2H2. The van der Waals surface area contributed by atoms with E-state index in [1.807, 2.05) is 34.9 Å². The van der Waals surface area contributed by atoms with Crippen molar-refractivity contribution in [3.05, 3.63) is 102 Å². The molecule has 1 heterocycles. The number of nitrogens with one attached hydrogen (secondary N) is 2. The number of hydrogen-bond donors (Lipinski definition) is 5. The second kappa shape index (κ2) is 17.8. The second-order valence-corrected chi connectivity index (χ2v) is 10.8. The van der Waals surface area contributed by atoms with E-state index in [9.17, 15) is 4.79 Å². The summed E-state index contributed by atoms with van der Waals surface area (Å²) >= 11 is 0. The van der Waals surface area contributed by atoms with E-state index in [1.165, 1.54) is 32.1 Å². The molecule has 0 spiro atoms. The Labute approximate surface area is 256 Å². The number of hydrogen-bond acceptors (Lipinski definition) is 6. The summed E-state index contributed by atoms with van der Waals surface area (Å²) in [6, 6.07) is 25.2. The Morgan fingerprint density at radius 3 is 2.23 bits per heavy atom. The first-order chi connectivity index (χ1) is 21.0. The maximum Gasteiger partial charge on any atom is 0.168 e. The number of nitrogen functional groups attached to an aromatic ring is 1. The maximum absolute atomic E-state index is 11.5. The summed E-state index contributed by atoms with van der Waals surface area (Å²) in [5.74, 6) is 8.99. The number of aromatic nitrogens is 2. The highest BCUT2D eigenvalue weighted by Crippen LogP contribution is 2.30. The summed E-state index contributed by atoms with van der Waals surface area (Å²) in [5, 5.41) is 11.3. The summed E-state index contributed by atoms with van der Waals surface area (Å²) in [6.45, 7) is 2.74. The van der Waals surface area contributed by atoms with Crippen LogP contribution in [0.2, 0.25) is 0 Å². The van der Waals surface area contributed by atoms with Crippen LogP contribution in [0.15, 0.2) is 79.0 Å². The van der Waals surface area contributed by atoms with E-state index in [-0.39, 0.29) is 5.84 Å². The maximum atomic E-state index is 11.5. The lowest BCUT2D eigenvalue weighted by molar-refractivity contribution is 0.111. The van der Waals surface area contributed by atoms with E-state index in [0.29, 0.717) is 17.8 Å². The molecule has 1 fully saturated rings. The number of carbonyl (C=O) groups is 1. The van der Waals surface area contributed by atoms with Gasteiger partial charge >= 0.3 is 0 Å². The molecule has 1 aliphatic carbocycles. The van der Waals surface area contributed by atoms with Gasteiger partial charge in [0.2, 0.25) is 0 Å². The van der Waals surface area contributed by atoms with Gasteiger partial charge in [-0.15, -0.1) is 0 Å². The van der Waals surface area contributed by atoms with E-state index in [2.05, 4.69) is 78.4 Å². The molecule has 228 valence electrons. The Kier molecular flexibility index (Phi) is 13.8. The molecule has 0 aliphatic heterocycles. The third kappa shape index (κ3) is 9.44. The first kappa shape index (κ1) is 33.4. The number of imidazole rings is 1. The van der Waals surface area contributed by atoms with Crippen molar-refractivity contribution in [1.29, 1.82) is 5.41 Å². The Morgan fingerprint density at radius 2 is 1.65 bits per heavy atom. The van der Waals surface area contributed by atoms with Crippen LogP contribution in [0.3, 0.4) is 0 Å². The first-order valence-corrected chi connectivity index (χ1v) is 15.2. The van der Waals surface area contributed by atoms with Gasteiger partial charge in [0.15, 0.2) is 6.29 Å². The molecule has 5 rings (SSSR count). The van der Waals surface area contributed by atoms with Gasteiger partial charge in [-0.1, -0.05) is 99.3 Å². The minimum absolute atomic E-state index is 0.0447. The smallest absolute Gasteiger partial charge is 0.168 e. The Balaban J connectivity index is 0.000000433. The van der Waals surface area contributed by atoms with E-state index in [4.69, 9.17) is 11.1 Å². The number of nitrogens with two attached hydrogens (primary N) is 3. The van der Waals surface area contributed by atoms with Crippen LogP contribution < -0.4 is 22.7 Å². The molecule has 3 aromatic carbocycles. The topological polar surface area (TPSA) is 149 Å². The number of aldehydes is 1. The predicted molar refractivity (Wildman–Crippen MR) is 178 cm³/mol. The van der Waals surface area contributed by atoms with Crippen molar-refractivity contribution in [2.24, 2.45) is 17.4 Å². The van der Waals surface area contributed by atoms with E-state index in [0.717, 1.165) is 65.2 Å². The van der Waals surface area contributed by atoms with Crippen LogP contribution in [-0.2, 0) is 13.0 Å². The second-order valence-electron chi connectivity index (χ2n) is 10.8. The molecule has 0 atom stereocenters. The Bertz CT molecular complexity index is 1410. The molecule has 1 aromatic heterocycles. The minimum Gasteiger partial charge on any atom is -0.384 e. The Morgan fingerprint density at radius 1 is 0.977 bits per heavy atom. The highest BCUT2D eigenvalue weighted by Gasteiger charge is 2.13. The molecule has 8 nitrogen and oxygen atoms in total. The summed E-state index contributed by atoms with van der Waals surface area (Å²) < 4.78 is 1.99. The number of rotatable bonds is 10. The van der Waals surface area contributed by atoms with Gasteiger partial charge in [-0.25, -0.2) is 4.98 Å². The molecule has 0 amide bonds. The fourth-order valence-electron chi connectivity index (χ4n) is 5.43. The SMILES string of the molecule is CCCCc1ncc(C=O)n1Cc1ccc(-c2cc(-c3ccccc3)ccc2C(=N)N)cc1.CNC1CCCCC1.NN. The van der Waals surface area contributed by atoms with Crippen molar-refractivity contribution in [2.45, 2.75) is 70.9 Å². The van der Waals surface area contributed by atoms with Crippen molar-refractivity contribution < 1.29 is 4.79 Å². The highest BCUT2D eigenvalue weighted by molar-refractivity contribution is 6.02. The van der Waals surface area contributed by atoms with Crippen LogP contribution >= 0.6 is 0 Å². The third-order valence-electron chi connectivity index (χ3n) is 7.88. The lowest BCUT2D eigenvalue weighted by atomic mass is 9.93. The quantitative estimate of drug-likeness (QED) is 0.0505. The number of nitrogens with zero attached hydrogens (tertiary/aromatic N) is 2. The summed E-state index contributed by atoms with van der Waals surface area (Å²) in [5.41, 5.74) is 12.4. The van der Waals surface area contributed by atoms with Crippen LogP contribution in [-0.4, -0.2) is 34.8 Å². The highest BCUT2D eigenvalue weighted by atomic mass is 16.1. The van der Waals surface area contributed by atoms with Crippen molar-refractivity contribution in [2.75, 3.05) is 7.05 Å². The summed E-state index contributed by atoms with van der Waals surface area (Å²) in [4.78, 5) is 16.0. The number of benzene rings is 3. The number of hydrazine groups is 1. The normalized spacial score (nSPS) is 12.8. The van der Waals surface area contributed by atoms with Crippen LogP contribution in [0.5, 0.6) is 0 Å². The molecule has 0 unspecified atom stereocenters. The molecular formula is C35H47N7O. The molecule has 0 bridgehead atoms. The van der Waals surface area contributed by atoms with Gasteiger partial charge in [-0.2, -0.15) is 0 Å². The van der Waals surface area contributed by atoms with Gasteiger partial charge in [-0.05, 0) is 60.2 Å². The van der Waals surface area contributed by atoms with Crippen molar-refractivity contribution in [3.63, 3.8) is 0 Å². The van der Waals surface area contributed by atoms with Crippen molar-refractivity contribution in [1.82, 2.24) is 14.9 Å². The van der Waals surface area contributed by atoms with Crippen molar-refractivity contribution >= 4 is 12.1 Å². The monoisotopic (exact) mass is 581 g/mol. The number of unbranched alkanes of at least 4 members (excludes halogenated alkanes) is 1. The van der Waals surface area contributed by atoms with Gasteiger partial charge in [0, 0.05) is 24.6 Å². The van der Waals surface area contributed by atoms with Crippen LogP contribution in [0, 0.1) is 5.41 Å². The largest absolute Gasteiger partial charge is 0.384 e. The molecule has 1 aliphatic rings. The fourth-order valence-corrected chi connectivity index (χ4v) is 5.43. The summed E-state index contributed by atoms with van der Waals surface area (Å²) in [6.07, 6.45) is 12.6. The number of amidine groups is 1. The average Bonchev–Trinajstić information content (AvgIpc) is 3.46. The van der Waals surface area contributed by atoms with Gasteiger partial charge in [0.1, 0.15) is 17.4 Å². The average molecular weight is 582 g/mol. The van der Waals surface area contributed by atoms with Gasteiger partial charge < -0.3 is 15.6 Å². The van der Waals surface area contributed by atoms with Gasteiger partial charge in [0.25, 0.3) is 0 Å². The number of carbonyl (C=O) groups excluding carboxylic acids is 1. The molecule has 8 N–H and O–H groups in total. The molecule has 4 aromatic rings.